The minimum absolute atomic E-state index is 0.0873. The molecule has 1 amide bonds. The van der Waals surface area contributed by atoms with Crippen molar-refractivity contribution in [3.8, 4) is 0 Å². The van der Waals surface area contributed by atoms with Crippen LogP contribution in [0.25, 0.3) is 0 Å². The van der Waals surface area contributed by atoms with E-state index in [-0.39, 0.29) is 23.5 Å². The molecule has 0 spiro atoms. The largest absolute Gasteiger partial charge is 0.349 e. The van der Waals surface area contributed by atoms with Crippen LogP contribution in [0.4, 0.5) is 0 Å². The number of piperidine rings is 1. The van der Waals surface area contributed by atoms with Crippen molar-refractivity contribution in [3.05, 3.63) is 35.9 Å². The fraction of sp³-hybridized carbons (Fsp3) is 0.714. The van der Waals surface area contributed by atoms with Crippen LogP contribution in [0, 0.1) is 17.8 Å². The molecule has 1 aromatic carbocycles. The van der Waals surface area contributed by atoms with Gasteiger partial charge in [0, 0.05) is 36.4 Å². The summed E-state index contributed by atoms with van der Waals surface area (Å²) in [6.07, 6.45) is 10.3. The van der Waals surface area contributed by atoms with Gasteiger partial charge in [-0.3, -0.25) is 9.69 Å². The van der Waals surface area contributed by atoms with Crippen LogP contribution in [0.15, 0.2) is 45.6 Å². The maximum Gasteiger partial charge on any atom is 0.223 e. The van der Waals surface area contributed by atoms with Crippen LogP contribution in [-0.2, 0) is 4.79 Å². The highest BCUT2D eigenvalue weighted by Gasteiger charge is 2.51. The fourth-order valence-corrected chi connectivity index (χ4v) is 7.09. The first kappa shape index (κ1) is 23.7. The standard InChI is InChI=1S/C28H41N5O/c1-19(2)28(30-20(3)31-32-28)23-17-24-13-14-25(18-23)33(24)16-15-26(21-9-5-4-6-10-21)29-27(34)22-11-7-8-12-22/h4-6,9-10,19,22-26H,7-8,11-18H2,1-3H3,(H,29,34)/t23?,24?,25?,26-,28?/m0/s1. The third kappa shape index (κ3) is 4.58. The summed E-state index contributed by atoms with van der Waals surface area (Å²) in [6.45, 7) is 7.49. The first-order valence-electron chi connectivity index (χ1n) is 13.6. The maximum atomic E-state index is 13.0. The topological polar surface area (TPSA) is 69.4 Å². The molecule has 1 saturated carbocycles. The van der Waals surface area contributed by atoms with E-state index in [0.29, 0.717) is 23.9 Å². The van der Waals surface area contributed by atoms with Gasteiger partial charge >= 0.3 is 0 Å². The Morgan fingerprint density at radius 3 is 2.35 bits per heavy atom. The van der Waals surface area contributed by atoms with Gasteiger partial charge < -0.3 is 5.32 Å². The second-order valence-electron chi connectivity index (χ2n) is 11.3. The smallest absolute Gasteiger partial charge is 0.223 e. The second kappa shape index (κ2) is 9.88. The summed E-state index contributed by atoms with van der Waals surface area (Å²) < 4.78 is 0. The predicted molar refractivity (Wildman–Crippen MR) is 136 cm³/mol. The molecule has 3 heterocycles. The Kier molecular flexibility index (Phi) is 6.88. The molecule has 6 nitrogen and oxygen atoms in total. The van der Waals surface area contributed by atoms with Gasteiger partial charge in [-0.15, -0.1) is 5.11 Å². The van der Waals surface area contributed by atoms with Gasteiger partial charge in [0.05, 0.1) is 6.04 Å². The molecule has 1 aromatic rings. The van der Waals surface area contributed by atoms with Gasteiger partial charge in [0.1, 0.15) is 5.84 Å². The number of hydrogen-bond donors (Lipinski definition) is 1. The summed E-state index contributed by atoms with van der Waals surface area (Å²) in [5, 5.41) is 12.5. The first-order valence-corrected chi connectivity index (χ1v) is 13.6. The average molecular weight is 464 g/mol. The molecule has 2 saturated heterocycles. The molecule has 1 N–H and O–H groups in total. The lowest BCUT2D eigenvalue weighted by molar-refractivity contribution is -0.125. The zero-order valence-corrected chi connectivity index (χ0v) is 21.1. The van der Waals surface area contributed by atoms with Gasteiger partial charge in [0.25, 0.3) is 0 Å². The molecule has 5 rings (SSSR count). The van der Waals surface area contributed by atoms with Crippen molar-refractivity contribution in [2.45, 2.75) is 102 Å². The molecule has 3 unspecified atom stereocenters. The summed E-state index contributed by atoms with van der Waals surface area (Å²) in [4.78, 5) is 20.7. The van der Waals surface area contributed by atoms with Crippen LogP contribution >= 0.6 is 0 Å². The van der Waals surface area contributed by atoms with Gasteiger partial charge in [-0.1, -0.05) is 57.0 Å². The highest BCUT2D eigenvalue weighted by atomic mass is 16.1. The number of aliphatic imine (C=N–C) groups is 1. The lowest BCUT2D eigenvalue weighted by Gasteiger charge is -2.45. The summed E-state index contributed by atoms with van der Waals surface area (Å²) in [5.41, 5.74) is 0.866. The van der Waals surface area contributed by atoms with Crippen LogP contribution in [-0.4, -0.2) is 40.9 Å². The van der Waals surface area contributed by atoms with Crippen LogP contribution in [0.2, 0.25) is 0 Å². The molecule has 34 heavy (non-hydrogen) atoms. The minimum atomic E-state index is -0.362. The molecule has 1 aliphatic carbocycles. The molecular weight excluding hydrogens is 422 g/mol. The van der Waals surface area contributed by atoms with Gasteiger partial charge in [-0.2, -0.15) is 5.11 Å². The van der Waals surface area contributed by atoms with Crippen LogP contribution in [0.5, 0.6) is 0 Å². The highest BCUT2D eigenvalue weighted by Crippen LogP contribution is 2.48. The molecular formula is C28H41N5O. The number of nitrogens with zero attached hydrogens (tertiary/aromatic N) is 4. The minimum Gasteiger partial charge on any atom is -0.349 e. The normalized spacial score (nSPS) is 32.4. The zero-order chi connectivity index (χ0) is 23.7. The number of carbonyl (C=O) groups excluding carboxylic acids is 1. The van der Waals surface area contributed by atoms with E-state index in [1.54, 1.807) is 0 Å². The second-order valence-corrected chi connectivity index (χ2v) is 11.3. The summed E-state index contributed by atoms with van der Waals surface area (Å²) in [7, 11) is 0. The van der Waals surface area contributed by atoms with Gasteiger partial charge in [-0.25, -0.2) is 4.99 Å². The predicted octanol–water partition coefficient (Wildman–Crippen LogP) is 5.90. The van der Waals surface area contributed by atoms with Crippen molar-refractivity contribution >= 4 is 11.7 Å². The lowest BCUT2D eigenvalue weighted by atomic mass is 9.75. The van der Waals surface area contributed by atoms with Crippen molar-refractivity contribution < 1.29 is 4.79 Å². The molecule has 6 heteroatoms. The number of fused-ring (bicyclic) bond motifs is 2. The maximum absolute atomic E-state index is 13.0. The lowest BCUT2D eigenvalue weighted by Crippen LogP contribution is -2.50. The van der Waals surface area contributed by atoms with Crippen molar-refractivity contribution in [1.82, 2.24) is 10.2 Å². The molecule has 3 fully saturated rings. The highest BCUT2D eigenvalue weighted by molar-refractivity contribution is 5.81. The van der Waals surface area contributed by atoms with Gasteiger partial charge in [-0.05, 0) is 57.4 Å². The summed E-state index contributed by atoms with van der Waals surface area (Å²) in [6, 6.07) is 11.8. The van der Waals surface area contributed by atoms with E-state index in [0.717, 1.165) is 44.5 Å². The van der Waals surface area contributed by atoms with E-state index in [2.05, 4.69) is 59.5 Å². The van der Waals surface area contributed by atoms with Crippen molar-refractivity contribution in [2.24, 2.45) is 33.0 Å². The number of amidine groups is 1. The Morgan fingerprint density at radius 2 is 1.76 bits per heavy atom. The van der Waals surface area contributed by atoms with Crippen LogP contribution < -0.4 is 5.32 Å². The van der Waals surface area contributed by atoms with Crippen molar-refractivity contribution in [3.63, 3.8) is 0 Å². The number of nitrogens with one attached hydrogen (secondary N) is 1. The Bertz CT molecular complexity index is 908. The average Bonchev–Trinajstić information content (AvgIpc) is 3.56. The molecule has 4 aliphatic rings. The number of carbonyl (C=O) groups is 1. The quantitative estimate of drug-likeness (QED) is 0.521. The number of azo groups is 1. The van der Waals surface area contributed by atoms with Crippen LogP contribution in [0.1, 0.15) is 90.2 Å². The monoisotopic (exact) mass is 463 g/mol. The summed E-state index contributed by atoms with van der Waals surface area (Å²) >= 11 is 0. The van der Waals surface area contributed by atoms with Crippen LogP contribution in [0.3, 0.4) is 0 Å². The van der Waals surface area contributed by atoms with Gasteiger partial charge in [0.2, 0.25) is 5.91 Å². The number of amides is 1. The Hall–Kier alpha value is -2.08. The van der Waals surface area contributed by atoms with Crippen molar-refractivity contribution in [2.75, 3.05) is 6.54 Å². The Labute approximate surface area is 204 Å². The van der Waals surface area contributed by atoms with Gasteiger partial charge in [0.15, 0.2) is 5.66 Å². The van der Waals surface area contributed by atoms with E-state index in [9.17, 15) is 4.79 Å². The molecule has 184 valence electrons. The SMILES string of the molecule is CC1=NC(C(C)C)(C2CC3CCC(C2)N3CC[C@H](NC(=O)C2CCCC2)c2ccccc2)N=N1. The number of rotatable bonds is 8. The van der Waals surface area contributed by atoms with E-state index < -0.39 is 0 Å². The third-order valence-electron chi connectivity index (χ3n) is 8.95. The number of hydrogen-bond acceptors (Lipinski definition) is 5. The molecule has 0 radical (unpaired) electrons. The summed E-state index contributed by atoms with van der Waals surface area (Å²) in [5.74, 6) is 2.11. The zero-order valence-electron chi connectivity index (χ0n) is 21.1. The molecule has 2 bridgehead atoms. The van der Waals surface area contributed by atoms with E-state index >= 15 is 0 Å². The molecule has 4 atom stereocenters. The molecule has 3 aliphatic heterocycles. The third-order valence-corrected chi connectivity index (χ3v) is 8.95. The Balaban J connectivity index is 1.26. The van der Waals surface area contributed by atoms with Crippen molar-refractivity contribution in [1.29, 1.82) is 0 Å². The van der Waals surface area contributed by atoms with E-state index in [4.69, 9.17) is 10.1 Å². The number of benzene rings is 1. The first-order chi connectivity index (χ1) is 16.5. The van der Waals surface area contributed by atoms with E-state index in [1.807, 2.05) is 6.92 Å². The van der Waals surface area contributed by atoms with E-state index in [1.165, 1.54) is 31.2 Å². The Morgan fingerprint density at radius 1 is 1.09 bits per heavy atom. The molecule has 0 aromatic heterocycles. The fourth-order valence-electron chi connectivity index (χ4n) is 7.09.